The number of aryl methyl sites for hydroxylation is 1. The molecule has 6 heteroatoms. The topological polar surface area (TPSA) is 49.4 Å². The molecule has 0 aromatic heterocycles. The molecule has 0 heterocycles. The number of hydrogen-bond donors (Lipinski definition) is 1. The van der Waals surface area contributed by atoms with Gasteiger partial charge in [-0.25, -0.2) is 0 Å². The van der Waals surface area contributed by atoms with Crippen LogP contribution < -0.4 is 10.2 Å². The fraction of sp³-hybridized carbons (Fsp3) is 0.222. The van der Waals surface area contributed by atoms with Crippen molar-refractivity contribution >= 4 is 46.4 Å². The summed E-state index contributed by atoms with van der Waals surface area (Å²) in [5.41, 5.74) is 2.28. The fourth-order valence-corrected chi connectivity index (χ4v) is 2.64. The second-order valence-electron chi connectivity index (χ2n) is 5.41. The smallest absolute Gasteiger partial charge is 0.226 e. The molecule has 0 bridgehead atoms. The minimum atomic E-state index is -0.238. The van der Waals surface area contributed by atoms with Crippen molar-refractivity contribution in [1.82, 2.24) is 0 Å². The van der Waals surface area contributed by atoms with Gasteiger partial charge in [0.05, 0.1) is 15.7 Å². The standard InChI is InChI=1S/C18H18Cl2N2O2/c1-12-5-3-6-14(11-12)22(13(2)23)10-9-17(24)21-16-8-4-7-15(19)18(16)20/h3-8,11H,9-10H2,1-2H3,(H,21,24). The van der Waals surface area contributed by atoms with E-state index < -0.39 is 0 Å². The van der Waals surface area contributed by atoms with Gasteiger partial charge in [0.25, 0.3) is 0 Å². The van der Waals surface area contributed by atoms with Gasteiger partial charge in [0.15, 0.2) is 0 Å². The first-order chi connectivity index (χ1) is 11.4. The molecule has 0 aliphatic rings. The lowest BCUT2D eigenvalue weighted by atomic mass is 10.2. The summed E-state index contributed by atoms with van der Waals surface area (Å²) < 4.78 is 0. The molecule has 0 fully saturated rings. The molecule has 0 saturated carbocycles. The molecule has 1 N–H and O–H groups in total. The number of halogens is 2. The van der Waals surface area contributed by atoms with Gasteiger partial charge in [-0.15, -0.1) is 0 Å². The Kier molecular flexibility index (Phi) is 6.23. The van der Waals surface area contributed by atoms with Gasteiger partial charge in [-0.1, -0.05) is 41.4 Å². The lowest BCUT2D eigenvalue weighted by molar-refractivity contribution is -0.117. The molecule has 2 amide bonds. The number of anilines is 2. The zero-order valence-corrected chi connectivity index (χ0v) is 15.0. The molecule has 0 saturated heterocycles. The number of amides is 2. The van der Waals surface area contributed by atoms with Crippen molar-refractivity contribution in [2.75, 3.05) is 16.8 Å². The number of rotatable bonds is 5. The summed E-state index contributed by atoms with van der Waals surface area (Å²) in [6.07, 6.45) is 0.149. The summed E-state index contributed by atoms with van der Waals surface area (Å²) in [7, 11) is 0. The monoisotopic (exact) mass is 364 g/mol. The van der Waals surface area contributed by atoms with Crippen molar-refractivity contribution in [3.8, 4) is 0 Å². The van der Waals surface area contributed by atoms with Gasteiger partial charge < -0.3 is 10.2 Å². The van der Waals surface area contributed by atoms with Gasteiger partial charge >= 0.3 is 0 Å². The lowest BCUT2D eigenvalue weighted by Crippen LogP contribution is -2.32. The van der Waals surface area contributed by atoms with E-state index in [1.54, 1.807) is 23.1 Å². The molecular weight excluding hydrogens is 347 g/mol. The average Bonchev–Trinajstić information content (AvgIpc) is 2.52. The van der Waals surface area contributed by atoms with Gasteiger partial charge in [0.2, 0.25) is 11.8 Å². The van der Waals surface area contributed by atoms with Gasteiger partial charge in [0.1, 0.15) is 0 Å². The Morgan fingerprint density at radius 2 is 1.83 bits per heavy atom. The Hall–Kier alpha value is -2.04. The van der Waals surface area contributed by atoms with E-state index in [9.17, 15) is 9.59 Å². The molecule has 0 atom stereocenters. The van der Waals surface area contributed by atoms with E-state index >= 15 is 0 Å². The summed E-state index contributed by atoms with van der Waals surface area (Å²) in [6, 6.07) is 12.6. The third-order valence-electron chi connectivity index (χ3n) is 3.48. The molecular formula is C18H18Cl2N2O2. The zero-order chi connectivity index (χ0) is 17.7. The largest absolute Gasteiger partial charge is 0.325 e. The highest BCUT2D eigenvalue weighted by Gasteiger charge is 2.14. The van der Waals surface area contributed by atoms with E-state index in [0.717, 1.165) is 11.3 Å². The number of hydrogen-bond acceptors (Lipinski definition) is 2. The maximum Gasteiger partial charge on any atom is 0.226 e. The van der Waals surface area contributed by atoms with Crippen molar-refractivity contribution in [1.29, 1.82) is 0 Å². The van der Waals surface area contributed by atoms with Crippen LogP contribution in [0.5, 0.6) is 0 Å². The van der Waals surface area contributed by atoms with Crippen LogP contribution in [0.4, 0.5) is 11.4 Å². The van der Waals surface area contributed by atoms with E-state index in [4.69, 9.17) is 23.2 Å². The maximum absolute atomic E-state index is 12.2. The Bertz CT molecular complexity index is 762. The summed E-state index contributed by atoms with van der Waals surface area (Å²) >= 11 is 12.0. The molecule has 0 spiro atoms. The third-order valence-corrected chi connectivity index (χ3v) is 4.30. The van der Waals surface area contributed by atoms with Crippen LogP contribution in [-0.2, 0) is 9.59 Å². The number of carbonyl (C=O) groups excluding carboxylic acids is 2. The third kappa shape index (κ3) is 4.73. The van der Waals surface area contributed by atoms with Crippen molar-refractivity contribution in [2.24, 2.45) is 0 Å². The van der Waals surface area contributed by atoms with Crippen LogP contribution in [0.2, 0.25) is 10.0 Å². The van der Waals surface area contributed by atoms with Gasteiger partial charge in [-0.2, -0.15) is 0 Å². The Morgan fingerprint density at radius 3 is 2.50 bits per heavy atom. The van der Waals surface area contributed by atoms with E-state index in [1.807, 2.05) is 31.2 Å². The second kappa shape index (κ2) is 8.18. The van der Waals surface area contributed by atoms with E-state index in [0.29, 0.717) is 15.7 Å². The first-order valence-electron chi connectivity index (χ1n) is 7.47. The van der Waals surface area contributed by atoms with Crippen LogP contribution in [0.3, 0.4) is 0 Å². The van der Waals surface area contributed by atoms with Crippen LogP contribution in [0.25, 0.3) is 0 Å². The van der Waals surface area contributed by atoms with E-state index in [1.165, 1.54) is 6.92 Å². The number of nitrogens with one attached hydrogen (secondary N) is 1. The maximum atomic E-state index is 12.2. The summed E-state index contributed by atoms with van der Waals surface area (Å²) in [5.74, 6) is -0.354. The van der Waals surface area contributed by atoms with Crippen molar-refractivity contribution in [3.05, 3.63) is 58.1 Å². The molecule has 2 rings (SSSR count). The first kappa shape index (κ1) is 18.3. The van der Waals surface area contributed by atoms with Gasteiger partial charge in [-0.3, -0.25) is 9.59 Å². The highest BCUT2D eigenvalue weighted by molar-refractivity contribution is 6.43. The van der Waals surface area contributed by atoms with E-state index in [2.05, 4.69) is 5.32 Å². The van der Waals surface area contributed by atoms with Crippen LogP contribution in [0.15, 0.2) is 42.5 Å². The molecule has 2 aromatic rings. The Labute approximate surface area is 151 Å². The first-order valence-corrected chi connectivity index (χ1v) is 8.22. The van der Waals surface area contributed by atoms with Crippen LogP contribution >= 0.6 is 23.2 Å². The number of benzene rings is 2. The quantitative estimate of drug-likeness (QED) is 0.836. The minimum absolute atomic E-state index is 0.116. The molecule has 2 aromatic carbocycles. The van der Waals surface area contributed by atoms with Crippen LogP contribution in [0.1, 0.15) is 18.9 Å². The second-order valence-corrected chi connectivity index (χ2v) is 6.19. The number of carbonyl (C=O) groups is 2. The normalized spacial score (nSPS) is 10.3. The van der Waals surface area contributed by atoms with Crippen LogP contribution in [-0.4, -0.2) is 18.4 Å². The SMILES string of the molecule is CC(=O)N(CCC(=O)Nc1cccc(Cl)c1Cl)c1cccc(C)c1. The average molecular weight is 365 g/mol. The molecule has 0 aliphatic heterocycles. The molecule has 0 radical (unpaired) electrons. The Balaban J connectivity index is 2.03. The highest BCUT2D eigenvalue weighted by Crippen LogP contribution is 2.29. The molecule has 126 valence electrons. The number of nitrogens with zero attached hydrogens (tertiary/aromatic N) is 1. The summed E-state index contributed by atoms with van der Waals surface area (Å²) in [4.78, 5) is 25.6. The molecule has 0 aliphatic carbocycles. The molecule has 0 unspecified atom stereocenters. The lowest BCUT2D eigenvalue weighted by Gasteiger charge is -2.21. The molecule has 4 nitrogen and oxygen atoms in total. The minimum Gasteiger partial charge on any atom is -0.325 e. The van der Waals surface area contributed by atoms with Crippen LogP contribution in [0, 0.1) is 6.92 Å². The van der Waals surface area contributed by atoms with Gasteiger partial charge in [-0.05, 0) is 36.8 Å². The molecule has 24 heavy (non-hydrogen) atoms. The van der Waals surface area contributed by atoms with Crippen molar-refractivity contribution in [2.45, 2.75) is 20.3 Å². The summed E-state index contributed by atoms with van der Waals surface area (Å²) in [5, 5.41) is 3.39. The predicted octanol–water partition coefficient (Wildman–Crippen LogP) is 4.68. The van der Waals surface area contributed by atoms with Crippen molar-refractivity contribution < 1.29 is 9.59 Å². The zero-order valence-electron chi connectivity index (χ0n) is 13.5. The predicted molar refractivity (Wildman–Crippen MR) is 98.9 cm³/mol. The highest BCUT2D eigenvalue weighted by atomic mass is 35.5. The van der Waals surface area contributed by atoms with E-state index in [-0.39, 0.29) is 24.8 Å². The van der Waals surface area contributed by atoms with Gasteiger partial charge in [0, 0.05) is 25.6 Å². The van der Waals surface area contributed by atoms with Crippen molar-refractivity contribution in [3.63, 3.8) is 0 Å². The fourth-order valence-electron chi connectivity index (χ4n) is 2.29. The Morgan fingerprint density at radius 1 is 1.12 bits per heavy atom. The summed E-state index contributed by atoms with van der Waals surface area (Å²) in [6.45, 7) is 3.71.